The van der Waals surface area contributed by atoms with Crippen LogP contribution < -0.4 is 4.68 Å². The summed E-state index contributed by atoms with van der Waals surface area (Å²) in [5, 5.41) is 12.1. The lowest BCUT2D eigenvalue weighted by atomic mass is 10.1. The molecule has 12 aromatic rings. The average Bonchev–Trinajstić information content (AvgIpc) is 4.04. The zero-order valence-corrected chi connectivity index (χ0v) is 30.1. The molecule has 8 aromatic carbocycles. The van der Waals surface area contributed by atoms with Gasteiger partial charge in [-0.2, -0.15) is 4.57 Å². The van der Waals surface area contributed by atoms with Crippen molar-refractivity contribution in [3.8, 4) is 34.1 Å². The van der Waals surface area contributed by atoms with Crippen molar-refractivity contribution in [2.75, 3.05) is 0 Å². The smallest absolute Gasteiger partial charge is 0.277 e. The molecule has 0 amide bonds. The number of nitrogens with zero attached hydrogens (tertiary/aromatic N) is 5. The Morgan fingerprint density at radius 1 is 0.429 bits per heavy atom. The van der Waals surface area contributed by atoms with Crippen molar-refractivity contribution >= 4 is 65.6 Å². The van der Waals surface area contributed by atoms with E-state index in [0.29, 0.717) is 0 Å². The van der Waals surface area contributed by atoms with E-state index >= 15 is 0 Å². The largest absolute Gasteiger partial charge is 0.454 e. The standard InChI is InChI=1S/C50H32N5O/c1-3-16-33(17-4-1)50-51-53(34-18-5-2-6-19-34)32-52(50)44-27-15-28-45-47(44)39-22-8-11-24-41(39)54(45)42-25-12-13-26-43(42)55-40-23-10-7-20-35(40)37-30-31-38-36-21-9-14-29-46(36)56-49(38)48(37)55/h1-32H/q+1. The van der Waals surface area contributed by atoms with Crippen LogP contribution in [-0.2, 0) is 0 Å². The van der Waals surface area contributed by atoms with E-state index in [9.17, 15) is 0 Å². The van der Waals surface area contributed by atoms with E-state index < -0.39 is 0 Å². The SMILES string of the molecule is c1ccc(-c2n[n+](-c3ccccc3)cn2-c2cccc3c2c2ccccc2n3-c2ccccc2-n2c3ccccc3c3ccc4c5ccccc5oc4c32)cc1. The highest BCUT2D eigenvalue weighted by Gasteiger charge is 2.27. The minimum absolute atomic E-state index is 0.860. The van der Waals surface area contributed by atoms with Crippen molar-refractivity contribution in [3.63, 3.8) is 0 Å². The lowest BCUT2D eigenvalue weighted by Gasteiger charge is -2.16. The van der Waals surface area contributed by atoms with Gasteiger partial charge in [0.1, 0.15) is 11.3 Å². The zero-order chi connectivity index (χ0) is 36.7. The van der Waals surface area contributed by atoms with Crippen molar-refractivity contribution in [1.29, 1.82) is 0 Å². The Kier molecular flexibility index (Phi) is 6.53. The van der Waals surface area contributed by atoms with Crippen LogP contribution in [0.4, 0.5) is 0 Å². The molecule has 0 saturated heterocycles. The van der Waals surface area contributed by atoms with Gasteiger partial charge in [-0.05, 0) is 77.9 Å². The topological polar surface area (TPSA) is 44.7 Å². The molecule has 56 heavy (non-hydrogen) atoms. The van der Waals surface area contributed by atoms with Crippen molar-refractivity contribution < 1.29 is 9.10 Å². The summed E-state index contributed by atoms with van der Waals surface area (Å²) in [5.41, 5.74) is 11.4. The van der Waals surface area contributed by atoms with E-state index in [1.165, 1.54) is 5.39 Å². The van der Waals surface area contributed by atoms with E-state index in [1.54, 1.807) is 0 Å². The van der Waals surface area contributed by atoms with Crippen molar-refractivity contribution in [1.82, 2.24) is 18.8 Å². The minimum atomic E-state index is 0.860. The molecule has 0 fully saturated rings. The van der Waals surface area contributed by atoms with Crippen LogP contribution in [0.3, 0.4) is 0 Å². The third-order valence-corrected chi connectivity index (χ3v) is 11.2. The third kappa shape index (κ3) is 4.38. The third-order valence-electron chi connectivity index (χ3n) is 11.2. The quantitative estimate of drug-likeness (QED) is 0.166. The summed E-state index contributed by atoms with van der Waals surface area (Å²) in [6.07, 6.45) is 2.10. The molecule has 0 N–H and O–H groups in total. The number of fused-ring (bicyclic) bond motifs is 10. The normalized spacial score (nSPS) is 11.9. The minimum Gasteiger partial charge on any atom is -0.454 e. The van der Waals surface area contributed by atoms with Crippen LogP contribution in [0.5, 0.6) is 0 Å². The van der Waals surface area contributed by atoms with Gasteiger partial charge in [0.15, 0.2) is 11.3 Å². The monoisotopic (exact) mass is 718 g/mol. The molecule has 0 spiro atoms. The lowest BCUT2D eigenvalue weighted by molar-refractivity contribution is -0.656. The van der Waals surface area contributed by atoms with Gasteiger partial charge in [0, 0.05) is 32.5 Å². The Labute approximate surface area is 320 Å². The number of hydrogen-bond donors (Lipinski definition) is 0. The van der Waals surface area contributed by atoms with Crippen LogP contribution in [0.15, 0.2) is 199 Å². The maximum absolute atomic E-state index is 6.74. The molecule has 4 aromatic heterocycles. The molecule has 12 rings (SSSR count). The summed E-state index contributed by atoms with van der Waals surface area (Å²) in [5.74, 6) is 0.860. The lowest BCUT2D eigenvalue weighted by Crippen LogP contribution is -2.31. The van der Waals surface area contributed by atoms with Gasteiger partial charge in [-0.15, -0.1) is 0 Å². The summed E-state index contributed by atoms with van der Waals surface area (Å²) < 4.78 is 15.8. The fraction of sp³-hybridized carbons (Fsp3) is 0. The summed E-state index contributed by atoms with van der Waals surface area (Å²) in [6, 6.07) is 66.3. The Hall–Kier alpha value is -7.70. The van der Waals surface area contributed by atoms with Gasteiger partial charge in [-0.1, -0.05) is 120 Å². The second kappa shape index (κ2) is 11.9. The van der Waals surface area contributed by atoms with Crippen molar-refractivity contribution in [2.45, 2.75) is 0 Å². The summed E-state index contributed by atoms with van der Waals surface area (Å²) in [6.45, 7) is 0. The van der Waals surface area contributed by atoms with Gasteiger partial charge in [-0.3, -0.25) is 0 Å². The molecule has 0 bridgehead atoms. The van der Waals surface area contributed by atoms with Crippen LogP contribution in [-0.4, -0.2) is 18.8 Å². The van der Waals surface area contributed by atoms with Gasteiger partial charge in [0.05, 0.1) is 38.8 Å². The van der Waals surface area contributed by atoms with E-state index in [-0.39, 0.29) is 0 Å². The second-order valence-electron chi connectivity index (χ2n) is 14.3. The maximum Gasteiger partial charge on any atom is 0.277 e. The van der Waals surface area contributed by atoms with Crippen LogP contribution in [0.25, 0.3) is 99.7 Å². The predicted octanol–water partition coefficient (Wildman–Crippen LogP) is 11.9. The zero-order valence-electron chi connectivity index (χ0n) is 30.1. The number of rotatable bonds is 5. The van der Waals surface area contributed by atoms with Gasteiger partial charge in [0.2, 0.25) is 0 Å². The first-order valence-electron chi connectivity index (χ1n) is 18.9. The first kappa shape index (κ1) is 30.7. The number of aromatic nitrogens is 5. The molecule has 0 aliphatic carbocycles. The molecular weight excluding hydrogens is 687 g/mol. The van der Waals surface area contributed by atoms with Gasteiger partial charge in [0.25, 0.3) is 12.2 Å². The molecule has 0 aliphatic heterocycles. The molecule has 0 saturated carbocycles. The Bertz CT molecular complexity index is 3480. The summed E-state index contributed by atoms with van der Waals surface area (Å²) in [4.78, 5) is 0. The molecule has 4 heterocycles. The van der Waals surface area contributed by atoms with Crippen LogP contribution in [0, 0.1) is 0 Å². The molecule has 6 nitrogen and oxygen atoms in total. The molecule has 262 valence electrons. The predicted molar refractivity (Wildman–Crippen MR) is 226 cm³/mol. The van der Waals surface area contributed by atoms with Crippen molar-refractivity contribution in [2.24, 2.45) is 0 Å². The van der Waals surface area contributed by atoms with E-state index in [2.05, 4.69) is 178 Å². The van der Waals surface area contributed by atoms with Gasteiger partial charge >= 0.3 is 0 Å². The van der Waals surface area contributed by atoms with Crippen LogP contribution in [0.2, 0.25) is 0 Å². The van der Waals surface area contributed by atoms with E-state index in [1.807, 2.05) is 35.0 Å². The van der Waals surface area contributed by atoms with Gasteiger partial charge < -0.3 is 13.6 Å². The van der Waals surface area contributed by atoms with Gasteiger partial charge in [-0.25, -0.2) is 0 Å². The van der Waals surface area contributed by atoms with E-state index in [4.69, 9.17) is 9.52 Å². The first-order chi connectivity index (χ1) is 27.8. The number of para-hydroxylation sites is 6. The highest BCUT2D eigenvalue weighted by molar-refractivity contribution is 6.22. The van der Waals surface area contributed by atoms with Crippen LogP contribution in [0.1, 0.15) is 0 Å². The fourth-order valence-electron chi connectivity index (χ4n) is 8.79. The molecule has 0 radical (unpaired) electrons. The molecule has 0 aliphatic rings. The number of furan rings is 1. The van der Waals surface area contributed by atoms with E-state index in [0.717, 1.165) is 94.3 Å². The highest BCUT2D eigenvalue weighted by Crippen LogP contribution is 2.43. The molecule has 6 heteroatoms. The molecule has 0 atom stereocenters. The Morgan fingerprint density at radius 2 is 1.02 bits per heavy atom. The average molecular weight is 719 g/mol. The Morgan fingerprint density at radius 3 is 1.82 bits per heavy atom. The first-order valence-corrected chi connectivity index (χ1v) is 18.9. The fourth-order valence-corrected chi connectivity index (χ4v) is 8.79. The Balaban J connectivity index is 1.17. The second-order valence-corrected chi connectivity index (χ2v) is 14.3. The molecular formula is C50H32N5O+. The van der Waals surface area contributed by atoms with Crippen LogP contribution >= 0.6 is 0 Å². The maximum atomic E-state index is 6.74. The van der Waals surface area contributed by atoms with Crippen molar-refractivity contribution in [3.05, 3.63) is 194 Å². The number of benzene rings is 8. The highest BCUT2D eigenvalue weighted by atomic mass is 16.3. The molecule has 0 unspecified atom stereocenters. The summed E-state index contributed by atoms with van der Waals surface area (Å²) >= 11 is 0. The number of hydrogen-bond acceptors (Lipinski definition) is 2. The summed E-state index contributed by atoms with van der Waals surface area (Å²) in [7, 11) is 0.